The number of hydrogen-bond acceptors (Lipinski definition) is 12. The Morgan fingerprint density at radius 3 is 2.82 bits per heavy atom. The Kier molecular flexibility index (Phi) is 7.61. The number of rotatable bonds is 11. The summed E-state index contributed by atoms with van der Waals surface area (Å²) in [6.45, 7) is 2.44. The van der Waals surface area contributed by atoms with Crippen molar-refractivity contribution in [2.24, 2.45) is 10.1 Å². The normalized spacial score (nSPS) is 14.9. The number of carboxylic acid groups (broad SMARTS) is 1. The van der Waals surface area contributed by atoms with Crippen LogP contribution in [0.5, 0.6) is 5.88 Å². The van der Waals surface area contributed by atoms with Crippen LogP contribution in [0.4, 0.5) is 5.88 Å². The smallest absolute Gasteiger partial charge is 0.323 e. The van der Waals surface area contributed by atoms with Gasteiger partial charge in [0.15, 0.2) is 12.2 Å². The largest absolute Gasteiger partial charge is 0.480 e. The molecule has 0 radical (unpaired) electrons. The third-order valence-corrected chi connectivity index (χ3v) is 5.70. The molecule has 33 heavy (non-hydrogen) atoms. The van der Waals surface area contributed by atoms with Crippen molar-refractivity contribution in [3.8, 4) is 5.88 Å². The standard InChI is InChI=1S/C18H21N7O7S/c1-12(22-18-19-7-8-20-18)31-15-9-16(32-23-15)25(21-11-26)10-14(17(27)28)24-33(29,30)13-5-3-2-4-6-13/h2-6,9,12,14,24H,7-8,10H2,1H3,(H,27,28)(H2,19,20,22). The lowest BCUT2D eigenvalue weighted by Gasteiger charge is -2.19. The number of nitrogens with zero attached hydrogens (tertiary/aromatic N) is 4. The molecule has 0 saturated carbocycles. The number of carbonyl (C=O) groups excluding carboxylic acids is 1. The Bertz CT molecular complexity index is 1150. The number of guanidine groups is 1. The minimum Gasteiger partial charge on any atom is -0.480 e. The molecule has 0 saturated heterocycles. The summed E-state index contributed by atoms with van der Waals surface area (Å²) >= 11 is 0. The third kappa shape index (κ3) is 6.52. The van der Waals surface area contributed by atoms with Gasteiger partial charge in [0.2, 0.25) is 10.0 Å². The lowest BCUT2D eigenvalue weighted by Crippen LogP contribution is -2.47. The van der Waals surface area contributed by atoms with E-state index in [1.807, 2.05) is 0 Å². The van der Waals surface area contributed by atoms with Crippen LogP contribution in [0.25, 0.3) is 0 Å². The molecule has 4 N–H and O–H groups in total. The second-order valence-electron chi connectivity index (χ2n) is 6.66. The molecule has 2 heterocycles. The van der Waals surface area contributed by atoms with Gasteiger partial charge in [0.05, 0.1) is 24.1 Å². The summed E-state index contributed by atoms with van der Waals surface area (Å²) in [6.07, 6.45) is 0.713. The quantitative estimate of drug-likeness (QED) is 0.140. The number of carboxylic acids is 1. The first kappa shape index (κ1) is 23.7. The Morgan fingerprint density at radius 2 is 2.18 bits per heavy atom. The SMILES string of the molecule is CC(NC1=NCCN1)Oc1cc(N(CC(NS(=O)(=O)c2ccccc2)C(=O)O)N=C=O)on1. The lowest BCUT2D eigenvalue weighted by atomic mass is 10.3. The van der Waals surface area contributed by atoms with Gasteiger partial charge in [0.1, 0.15) is 6.04 Å². The van der Waals surface area contributed by atoms with Crippen molar-refractivity contribution in [1.82, 2.24) is 20.5 Å². The summed E-state index contributed by atoms with van der Waals surface area (Å²) < 4.78 is 37.7. The summed E-state index contributed by atoms with van der Waals surface area (Å²) in [5.74, 6) is -1.10. The molecule has 15 heteroatoms. The molecule has 3 rings (SSSR count). The summed E-state index contributed by atoms with van der Waals surface area (Å²) in [7, 11) is -4.16. The van der Waals surface area contributed by atoms with Gasteiger partial charge in [-0.3, -0.25) is 9.79 Å². The molecule has 2 unspecified atom stereocenters. The number of hydrazone groups is 1. The number of aliphatic carboxylic acids is 1. The van der Waals surface area contributed by atoms with E-state index in [1.54, 1.807) is 13.0 Å². The van der Waals surface area contributed by atoms with Gasteiger partial charge in [-0.05, 0) is 24.2 Å². The average Bonchev–Trinajstić information content (AvgIpc) is 3.45. The van der Waals surface area contributed by atoms with Crippen LogP contribution >= 0.6 is 0 Å². The van der Waals surface area contributed by atoms with E-state index in [1.165, 1.54) is 36.4 Å². The van der Waals surface area contributed by atoms with E-state index >= 15 is 0 Å². The number of ether oxygens (including phenoxy) is 1. The van der Waals surface area contributed by atoms with E-state index in [9.17, 15) is 23.1 Å². The number of sulfonamides is 1. The highest BCUT2D eigenvalue weighted by Crippen LogP contribution is 2.22. The van der Waals surface area contributed by atoms with Crippen LogP contribution in [0, 0.1) is 0 Å². The number of aromatic nitrogens is 1. The van der Waals surface area contributed by atoms with Gasteiger partial charge in [-0.1, -0.05) is 23.3 Å². The van der Waals surface area contributed by atoms with Gasteiger partial charge in [0, 0.05) is 6.54 Å². The van der Waals surface area contributed by atoms with Crippen molar-refractivity contribution in [3.63, 3.8) is 0 Å². The molecule has 176 valence electrons. The van der Waals surface area contributed by atoms with Crippen LogP contribution in [0.15, 0.2) is 55.9 Å². The molecule has 0 aliphatic carbocycles. The van der Waals surface area contributed by atoms with Crippen LogP contribution in [-0.4, -0.2) is 68.6 Å². The Morgan fingerprint density at radius 1 is 1.42 bits per heavy atom. The summed E-state index contributed by atoms with van der Waals surface area (Å²) in [4.78, 5) is 26.6. The van der Waals surface area contributed by atoms with E-state index in [0.717, 1.165) is 5.01 Å². The summed E-state index contributed by atoms with van der Waals surface area (Å²) in [5, 5.41) is 23.4. The first-order valence-corrected chi connectivity index (χ1v) is 11.1. The molecular formula is C18H21N7O7S. The van der Waals surface area contributed by atoms with Crippen molar-refractivity contribution in [3.05, 3.63) is 36.4 Å². The van der Waals surface area contributed by atoms with Crippen LogP contribution in [-0.2, 0) is 19.6 Å². The van der Waals surface area contributed by atoms with E-state index < -0.39 is 34.8 Å². The number of benzene rings is 1. The van der Waals surface area contributed by atoms with Crippen molar-refractivity contribution in [2.45, 2.75) is 24.1 Å². The Labute approximate surface area is 188 Å². The molecule has 0 amide bonds. The highest BCUT2D eigenvalue weighted by atomic mass is 32.2. The van der Waals surface area contributed by atoms with E-state index in [0.29, 0.717) is 19.0 Å². The van der Waals surface area contributed by atoms with Crippen LogP contribution in [0.2, 0.25) is 0 Å². The summed E-state index contributed by atoms with van der Waals surface area (Å²) in [5.41, 5.74) is 0. The highest BCUT2D eigenvalue weighted by molar-refractivity contribution is 7.89. The first-order chi connectivity index (χ1) is 15.8. The topological polar surface area (TPSA) is 188 Å². The second kappa shape index (κ2) is 10.6. The maximum Gasteiger partial charge on any atom is 0.323 e. The van der Waals surface area contributed by atoms with E-state index in [4.69, 9.17) is 9.26 Å². The number of aliphatic imine (C=N–C) groups is 1. The van der Waals surface area contributed by atoms with Gasteiger partial charge in [0.25, 0.3) is 17.8 Å². The molecule has 0 bridgehead atoms. The van der Waals surface area contributed by atoms with Gasteiger partial charge < -0.3 is 25.0 Å². The molecule has 1 aromatic heterocycles. The number of hydrogen-bond donors (Lipinski definition) is 4. The molecule has 1 aromatic carbocycles. The van der Waals surface area contributed by atoms with Crippen molar-refractivity contribution >= 4 is 33.9 Å². The molecule has 2 atom stereocenters. The second-order valence-corrected chi connectivity index (χ2v) is 8.38. The zero-order valence-corrected chi connectivity index (χ0v) is 18.2. The highest BCUT2D eigenvalue weighted by Gasteiger charge is 2.29. The van der Waals surface area contributed by atoms with Crippen molar-refractivity contribution < 1.29 is 32.4 Å². The monoisotopic (exact) mass is 479 g/mol. The fourth-order valence-corrected chi connectivity index (χ4v) is 3.95. The number of isocyanates is 1. The maximum atomic E-state index is 12.5. The van der Waals surface area contributed by atoms with Gasteiger partial charge in [-0.2, -0.15) is 4.72 Å². The predicted octanol–water partition coefficient (Wildman–Crippen LogP) is -0.563. The predicted molar refractivity (Wildman–Crippen MR) is 114 cm³/mol. The van der Waals surface area contributed by atoms with Crippen LogP contribution in [0.3, 0.4) is 0 Å². The average molecular weight is 479 g/mol. The number of anilines is 1. The fourth-order valence-electron chi connectivity index (χ4n) is 2.75. The minimum absolute atomic E-state index is 0.00596. The molecule has 14 nitrogen and oxygen atoms in total. The number of nitrogens with one attached hydrogen (secondary N) is 3. The molecule has 0 spiro atoms. The Hall–Kier alpha value is -3.94. The minimum atomic E-state index is -4.16. The van der Waals surface area contributed by atoms with Gasteiger partial charge >= 0.3 is 5.97 Å². The fraction of sp³-hybridized carbons (Fsp3) is 0.333. The zero-order chi connectivity index (χ0) is 23.8. The van der Waals surface area contributed by atoms with Crippen LogP contribution < -0.4 is 25.1 Å². The molecular weight excluding hydrogens is 458 g/mol. The van der Waals surface area contributed by atoms with Crippen molar-refractivity contribution in [1.29, 1.82) is 0 Å². The zero-order valence-electron chi connectivity index (χ0n) is 17.3. The summed E-state index contributed by atoms with van der Waals surface area (Å²) in [6, 6.07) is 6.80. The Balaban J connectivity index is 1.71. The molecule has 0 fully saturated rings. The van der Waals surface area contributed by atoms with E-state index in [2.05, 4.69) is 30.6 Å². The molecule has 1 aliphatic heterocycles. The van der Waals surface area contributed by atoms with Gasteiger partial charge in [-0.25, -0.2) is 18.2 Å². The van der Waals surface area contributed by atoms with Gasteiger partial charge in [-0.15, -0.1) is 0 Å². The molecule has 2 aromatic rings. The van der Waals surface area contributed by atoms with Crippen LogP contribution in [0.1, 0.15) is 6.92 Å². The maximum absolute atomic E-state index is 12.5. The molecule has 1 aliphatic rings. The third-order valence-electron chi connectivity index (χ3n) is 4.21. The van der Waals surface area contributed by atoms with Crippen molar-refractivity contribution in [2.75, 3.05) is 24.6 Å². The lowest BCUT2D eigenvalue weighted by molar-refractivity contribution is -0.138. The number of carbonyl (C=O) groups is 1. The first-order valence-electron chi connectivity index (χ1n) is 9.62. The van der Waals surface area contributed by atoms with E-state index in [-0.39, 0.29) is 16.7 Å².